The third-order valence-electron chi connectivity index (χ3n) is 1.98. The van der Waals surface area contributed by atoms with E-state index in [-0.39, 0.29) is 0 Å². The Morgan fingerprint density at radius 3 is 2.50 bits per heavy atom. The second kappa shape index (κ2) is 5.38. The van der Waals surface area contributed by atoms with E-state index >= 15 is 0 Å². The molecule has 0 fully saturated rings. The minimum Gasteiger partial charge on any atom is -0.256 e. The Labute approximate surface area is 86.2 Å². The van der Waals surface area contributed by atoms with Gasteiger partial charge in [-0.25, -0.2) is 0 Å². The van der Waals surface area contributed by atoms with Crippen LogP contribution in [0.5, 0.6) is 0 Å². The fraction of sp³-hybridized carbons (Fsp3) is 0.308. The van der Waals surface area contributed by atoms with Crippen LogP contribution in [-0.2, 0) is 0 Å². The standard InChI is InChI=1S/C11H11N.C2H6/c1-9-6-7-11(12-8-9)10-4-2-3-5-10;1-2/h2,4-8H,3H2,1H3;1-2H3. The minimum atomic E-state index is 1.05. The molecule has 1 aliphatic rings. The lowest BCUT2D eigenvalue weighted by Crippen LogP contribution is -1.85. The maximum Gasteiger partial charge on any atom is 0.0698 e. The molecule has 1 heterocycles. The van der Waals surface area contributed by atoms with Gasteiger partial charge in [0, 0.05) is 6.20 Å². The predicted molar refractivity (Wildman–Crippen MR) is 62.1 cm³/mol. The van der Waals surface area contributed by atoms with Crippen molar-refractivity contribution in [1.82, 2.24) is 4.98 Å². The average Bonchev–Trinajstić information content (AvgIpc) is 2.75. The summed E-state index contributed by atoms with van der Waals surface area (Å²) in [6, 6.07) is 4.16. The first-order valence-electron chi connectivity index (χ1n) is 5.16. The molecule has 1 heteroatoms. The van der Waals surface area contributed by atoms with Gasteiger partial charge in [-0.2, -0.15) is 0 Å². The Bertz CT molecular complexity index is 331. The number of aromatic nitrogens is 1. The molecule has 14 heavy (non-hydrogen) atoms. The van der Waals surface area contributed by atoms with Crippen molar-refractivity contribution in [2.75, 3.05) is 0 Å². The Hall–Kier alpha value is -1.37. The molecule has 0 unspecified atom stereocenters. The van der Waals surface area contributed by atoms with Gasteiger partial charge in [0.2, 0.25) is 0 Å². The van der Waals surface area contributed by atoms with E-state index in [1.165, 1.54) is 11.1 Å². The van der Waals surface area contributed by atoms with Crippen molar-refractivity contribution in [2.24, 2.45) is 0 Å². The number of aryl methyl sites for hydroxylation is 1. The molecule has 0 radical (unpaired) electrons. The zero-order valence-corrected chi connectivity index (χ0v) is 9.12. The van der Waals surface area contributed by atoms with Crippen molar-refractivity contribution < 1.29 is 0 Å². The summed E-state index contributed by atoms with van der Waals surface area (Å²) in [6.45, 7) is 6.05. The largest absolute Gasteiger partial charge is 0.256 e. The van der Waals surface area contributed by atoms with Crippen LogP contribution in [0.2, 0.25) is 0 Å². The van der Waals surface area contributed by atoms with Gasteiger partial charge in [-0.05, 0) is 30.5 Å². The molecule has 0 saturated heterocycles. The summed E-state index contributed by atoms with van der Waals surface area (Å²) < 4.78 is 0. The Kier molecular flexibility index (Phi) is 4.11. The summed E-state index contributed by atoms with van der Waals surface area (Å²) in [5.41, 5.74) is 3.53. The Balaban J connectivity index is 0.000000461. The molecule has 74 valence electrons. The van der Waals surface area contributed by atoms with Crippen LogP contribution in [0.25, 0.3) is 5.57 Å². The molecule has 1 nitrogen and oxygen atoms in total. The molecule has 0 bridgehead atoms. The maximum absolute atomic E-state index is 4.34. The highest BCUT2D eigenvalue weighted by atomic mass is 14.7. The van der Waals surface area contributed by atoms with E-state index in [9.17, 15) is 0 Å². The van der Waals surface area contributed by atoms with Crippen LogP contribution in [0, 0.1) is 6.92 Å². The molecular weight excluding hydrogens is 170 g/mol. The van der Waals surface area contributed by atoms with E-state index in [1.807, 2.05) is 20.0 Å². The summed E-state index contributed by atoms with van der Waals surface area (Å²) in [7, 11) is 0. The van der Waals surface area contributed by atoms with Gasteiger partial charge >= 0.3 is 0 Å². The van der Waals surface area contributed by atoms with Crippen molar-refractivity contribution in [1.29, 1.82) is 0 Å². The predicted octanol–water partition coefficient (Wildman–Crippen LogP) is 3.76. The van der Waals surface area contributed by atoms with E-state index in [0.29, 0.717) is 0 Å². The van der Waals surface area contributed by atoms with Crippen LogP contribution in [0.3, 0.4) is 0 Å². The molecule has 1 aliphatic carbocycles. The molecule has 0 atom stereocenters. The van der Waals surface area contributed by atoms with Crippen LogP contribution >= 0.6 is 0 Å². The lowest BCUT2D eigenvalue weighted by molar-refractivity contribution is 1.23. The summed E-state index contributed by atoms with van der Waals surface area (Å²) in [5.74, 6) is 0. The number of pyridine rings is 1. The Morgan fingerprint density at radius 2 is 2.00 bits per heavy atom. The van der Waals surface area contributed by atoms with Crippen molar-refractivity contribution in [3.8, 4) is 0 Å². The van der Waals surface area contributed by atoms with E-state index in [2.05, 4.69) is 42.3 Å². The van der Waals surface area contributed by atoms with Gasteiger partial charge < -0.3 is 0 Å². The van der Waals surface area contributed by atoms with Gasteiger partial charge in [-0.3, -0.25) is 4.98 Å². The van der Waals surface area contributed by atoms with Crippen molar-refractivity contribution in [2.45, 2.75) is 27.2 Å². The topological polar surface area (TPSA) is 12.9 Å². The van der Waals surface area contributed by atoms with Crippen LogP contribution < -0.4 is 0 Å². The molecule has 0 amide bonds. The van der Waals surface area contributed by atoms with Gasteiger partial charge in [0.05, 0.1) is 5.69 Å². The number of hydrogen-bond donors (Lipinski definition) is 0. The highest BCUT2D eigenvalue weighted by Crippen LogP contribution is 2.19. The smallest absolute Gasteiger partial charge is 0.0698 e. The lowest BCUT2D eigenvalue weighted by Gasteiger charge is -1.98. The zero-order chi connectivity index (χ0) is 10.4. The van der Waals surface area contributed by atoms with Gasteiger partial charge in [0.1, 0.15) is 0 Å². The molecule has 0 aliphatic heterocycles. The summed E-state index contributed by atoms with van der Waals surface area (Å²) in [5, 5.41) is 0. The molecule has 0 N–H and O–H groups in total. The van der Waals surface area contributed by atoms with Gasteiger partial charge in [-0.15, -0.1) is 0 Å². The molecular formula is C13H17N. The van der Waals surface area contributed by atoms with Crippen LogP contribution in [0.4, 0.5) is 0 Å². The fourth-order valence-electron chi connectivity index (χ4n) is 1.29. The van der Waals surface area contributed by atoms with E-state index < -0.39 is 0 Å². The third-order valence-corrected chi connectivity index (χ3v) is 1.98. The first-order chi connectivity index (χ1) is 6.86. The molecule has 0 aromatic carbocycles. The summed E-state index contributed by atoms with van der Waals surface area (Å²) in [6.07, 6.45) is 9.42. The van der Waals surface area contributed by atoms with E-state index in [1.54, 1.807) is 0 Å². The normalized spacial score (nSPS) is 13.2. The molecule has 1 aromatic heterocycles. The lowest BCUT2D eigenvalue weighted by atomic mass is 10.2. The summed E-state index contributed by atoms with van der Waals surface area (Å²) >= 11 is 0. The van der Waals surface area contributed by atoms with Crippen LogP contribution in [0.15, 0.2) is 36.6 Å². The van der Waals surface area contributed by atoms with Crippen molar-refractivity contribution in [3.63, 3.8) is 0 Å². The molecule has 0 saturated carbocycles. The first-order valence-corrected chi connectivity index (χ1v) is 5.16. The molecule has 0 spiro atoms. The number of hydrogen-bond acceptors (Lipinski definition) is 1. The van der Waals surface area contributed by atoms with Crippen molar-refractivity contribution in [3.05, 3.63) is 47.8 Å². The second-order valence-electron chi connectivity index (χ2n) is 3.02. The molecule has 1 aromatic rings. The second-order valence-corrected chi connectivity index (χ2v) is 3.02. The van der Waals surface area contributed by atoms with Crippen molar-refractivity contribution >= 4 is 5.57 Å². The minimum absolute atomic E-state index is 1.05. The zero-order valence-electron chi connectivity index (χ0n) is 9.12. The quantitative estimate of drug-likeness (QED) is 0.652. The number of nitrogens with zero attached hydrogens (tertiary/aromatic N) is 1. The maximum atomic E-state index is 4.34. The highest BCUT2D eigenvalue weighted by Gasteiger charge is 2.01. The van der Waals surface area contributed by atoms with Gasteiger partial charge in [0.25, 0.3) is 0 Å². The Morgan fingerprint density at radius 1 is 1.21 bits per heavy atom. The third kappa shape index (κ3) is 2.56. The SMILES string of the molecule is CC.Cc1ccc(C2=CCC=C2)nc1. The van der Waals surface area contributed by atoms with Gasteiger partial charge in [-0.1, -0.05) is 38.1 Å². The summed E-state index contributed by atoms with van der Waals surface area (Å²) in [4.78, 5) is 4.34. The monoisotopic (exact) mass is 187 g/mol. The average molecular weight is 187 g/mol. The van der Waals surface area contributed by atoms with Gasteiger partial charge in [0.15, 0.2) is 0 Å². The van der Waals surface area contributed by atoms with Crippen LogP contribution in [-0.4, -0.2) is 4.98 Å². The highest BCUT2D eigenvalue weighted by molar-refractivity contribution is 5.73. The van der Waals surface area contributed by atoms with E-state index in [4.69, 9.17) is 0 Å². The molecule has 2 rings (SSSR count). The number of allylic oxidation sites excluding steroid dienone is 4. The van der Waals surface area contributed by atoms with Crippen LogP contribution in [0.1, 0.15) is 31.5 Å². The fourth-order valence-corrected chi connectivity index (χ4v) is 1.29. The van der Waals surface area contributed by atoms with E-state index in [0.717, 1.165) is 12.1 Å². The first kappa shape index (κ1) is 10.7. The number of rotatable bonds is 1.